The van der Waals surface area contributed by atoms with Crippen LogP contribution in [0.3, 0.4) is 0 Å². The van der Waals surface area contributed by atoms with Gasteiger partial charge in [0.1, 0.15) is 18.1 Å². The Balaban J connectivity index is 1.24. The summed E-state index contributed by atoms with van der Waals surface area (Å²) in [4.78, 5) is 23.9. The zero-order valence-corrected chi connectivity index (χ0v) is 31.8. The first-order valence-corrected chi connectivity index (χ1v) is 21.8. The van der Waals surface area contributed by atoms with E-state index in [-0.39, 0.29) is 19.8 Å². The van der Waals surface area contributed by atoms with Crippen molar-refractivity contribution in [2.24, 2.45) is 0 Å². The second-order valence-electron chi connectivity index (χ2n) is 10.6. The van der Waals surface area contributed by atoms with Gasteiger partial charge in [0.15, 0.2) is 12.7 Å². The molecule has 2 heterocycles. The van der Waals surface area contributed by atoms with Crippen LogP contribution in [0.2, 0.25) is 0 Å². The standard InChI is InChI=1S/C34H42O8S6/c1-4-30(35)41-29(18-37-16-14-32-45-21-43-22-46-32)19-38-27-10-6-25(7-11-27)26-8-12-28(13-9-26)39-20-34(3,42-31(36)5-2)40-17-15-33-47-23-44-24-48-33/h4-13,29,32-33H,1-2,14-24H2,3H3. The van der Waals surface area contributed by atoms with Crippen molar-refractivity contribution in [1.29, 1.82) is 0 Å². The summed E-state index contributed by atoms with van der Waals surface area (Å²) in [5.74, 6) is -1.05. The Hall–Kier alpha value is -1.52. The Kier molecular flexibility index (Phi) is 17.7. The van der Waals surface area contributed by atoms with Crippen LogP contribution in [0.1, 0.15) is 19.8 Å². The molecule has 0 N–H and O–H groups in total. The van der Waals surface area contributed by atoms with Gasteiger partial charge >= 0.3 is 11.9 Å². The van der Waals surface area contributed by atoms with Crippen LogP contribution >= 0.6 is 70.6 Å². The summed E-state index contributed by atoms with van der Waals surface area (Å²) in [6, 6.07) is 15.3. The molecule has 14 heteroatoms. The summed E-state index contributed by atoms with van der Waals surface area (Å²) in [6.45, 7) is 10.2. The maximum atomic E-state index is 12.0. The number of carbonyl (C=O) groups excluding carboxylic acids is 2. The lowest BCUT2D eigenvalue weighted by molar-refractivity contribution is -0.230. The van der Waals surface area contributed by atoms with Gasteiger partial charge in [0.05, 0.1) is 22.4 Å². The van der Waals surface area contributed by atoms with E-state index in [2.05, 4.69) is 13.2 Å². The minimum absolute atomic E-state index is 0.0325. The van der Waals surface area contributed by atoms with Crippen molar-refractivity contribution in [3.05, 3.63) is 73.8 Å². The highest BCUT2D eigenvalue weighted by Gasteiger charge is 2.31. The van der Waals surface area contributed by atoms with Crippen molar-refractivity contribution >= 4 is 82.5 Å². The summed E-state index contributed by atoms with van der Waals surface area (Å²) >= 11 is 11.6. The number of esters is 2. The molecule has 8 nitrogen and oxygen atoms in total. The van der Waals surface area contributed by atoms with Crippen molar-refractivity contribution < 1.29 is 38.0 Å². The maximum absolute atomic E-state index is 12.0. The topological polar surface area (TPSA) is 89.5 Å². The molecule has 0 saturated carbocycles. The Labute approximate surface area is 309 Å². The van der Waals surface area contributed by atoms with Crippen molar-refractivity contribution in [2.45, 2.75) is 40.8 Å². The maximum Gasteiger partial charge on any atom is 0.332 e. The van der Waals surface area contributed by atoms with Gasteiger partial charge in [-0.05, 0) is 48.2 Å². The average molecular weight is 771 g/mol. The molecule has 2 unspecified atom stereocenters. The smallest absolute Gasteiger partial charge is 0.332 e. The molecular formula is C34H42O8S6. The highest BCUT2D eigenvalue weighted by atomic mass is 32.3. The lowest BCUT2D eigenvalue weighted by Crippen LogP contribution is -2.41. The minimum atomic E-state index is -1.25. The number of benzene rings is 2. The summed E-state index contributed by atoms with van der Waals surface area (Å²) < 4.78 is 35.8. The van der Waals surface area contributed by atoms with E-state index in [0.717, 1.165) is 56.5 Å². The first-order chi connectivity index (χ1) is 23.4. The van der Waals surface area contributed by atoms with Crippen LogP contribution in [0.4, 0.5) is 0 Å². The fourth-order valence-corrected chi connectivity index (χ4v) is 13.9. The molecule has 2 saturated heterocycles. The molecule has 2 aromatic carbocycles. The molecular weight excluding hydrogens is 729 g/mol. The van der Waals surface area contributed by atoms with Gasteiger partial charge < -0.3 is 28.4 Å². The zero-order valence-electron chi connectivity index (χ0n) is 26.9. The monoisotopic (exact) mass is 770 g/mol. The number of hydrogen-bond donors (Lipinski definition) is 0. The summed E-state index contributed by atoms with van der Waals surface area (Å²) in [5, 5.41) is 4.41. The zero-order chi connectivity index (χ0) is 34.0. The van der Waals surface area contributed by atoms with Gasteiger partial charge in [-0.3, -0.25) is 0 Å². The van der Waals surface area contributed by atoms with E-state index in [0.29, 0.717) is 33.9 Å². The second kappa shape index (κ2) is 21.6. The van der Waals surface area contributed by atoms with E-state index >= 15 is 0 Å². The van der Waals surface area contributed by atoms with Gasteiger partial charge in [0.2, 0.25) is 5.79 Å². The van der Waals surface area contributed by atoms with E-state index in [9.17, 15) is 9.59 Å². The van der Waals surface area contributed by atoms with Crippen LogP contribution < -0.4 is 9.47 Å². The third kappa shape index (κ3) is 14.4. The van der Waals surface area contributed by atoms with E-state index < -0.39 is 23.8 Å². The predicted molar refractivity (Wildman–Crippen MR) is 206 cm³/mol. The molecule has 2 aliphatic rings. The number of thioether (sulfide) groups is 6. The first kappa shape index (κ1) is 39.3. The van der Waals surface area contributed by atoms with Crippen LogP contribution in [0.25, 0.3) is 11.1 Å². The Bertz CT molecular complexity index is 1290. The number of hydrogen-bond acceptors (Lipinski definition) is 14. The third-order valence-electron chi connectivity index (χ3n) is 6.82. The Morgan fingerprint density at radius 3 is 1.83 bits per heavy atom. The van der Waals surface area contributed by atoms with Gasteiger partial charge in [-0.1, -0.05) is 37.4 Å². The van der Waals surface area contributed by atoms with Crippen molar-refractivity contribution in [2.75, 3.05) is 53.4 Å². The van der Waals surface area contributed by atoms with Gasteiger partial charge in [-0.15, -0.1) is 70.6 Å². The van der Waals surface area contributed by atoms with Gasteiger partial charge in [-0.25, -0.2) is 9.59 Å². The van der Waals surface area contributed by atoms with E-state index in [4.69, 9.17) is 28.4 Å². The lowest BCUT2D eigenvalue weighted by atomic mass is 10.1. The van der Waals surface area contributed by atoms with E-state index in [1.807, 2.05) is 119 Å². The third-order valence-corrected chi connectivity index (χ3v) is 15.7. The minimum Gasteiger partial charge on any atom is -0.490 e. The van der Waals surface area contributed by atoms with Crippen molar-refractivity contribution in [3.8, 4) is 22.6 Å². The van der Waals surface area contributed by atoms with Gasteiger partial charge in [0, 0.05) is 46.0 Å². The second-order valence-corrected chi connectivity index (χ2v) is 19.4. The quantitative estimate of drug-likeness (QED) is 0.0559. The molecule has 2 aliphatic heterocycles. The first-order valence-electron chi connectivity index (χ1n) is 15.3. The molecule has 0 aliphatic carbocycles. The van der Waals surface area contributed by atoms with Gasteiger partial charge in [-0.2, -0.15) is 0 Å². The number of ether oxygens (including phenoxy) is 6. The molecule has 0 amide bonds. The highest BCUT2D eigenvalue weighted by Crippen LogP contribution is 2.38. The molecule has 2 atom stereocenters. The molecule has 0 aromatic heterocycles. The normalized spacial score (nSPS) is 17.4. The fourth-order valence-electron chi connectivity index (χ4n) is 4.33. The average Bonchev–Trinajstić information content (AvgIpc) is 3.12. The van der Waals surface area contributed by atoms with Crippen molar-refractivity contribution in [3.63, 3.8) is 0 Å². The summed E-state index contributed by atoms with van der Waals surface area (Å²) in [5.41, 5.74) is 1.99. The van der Waals surface area contributed by atoms with Crippen LogP contribution in [-0.2, 0) is 28.5 Å². The molecule has 48 heavy (non-hydrogen) atoms. The summed E-state index contributed by atoms with van der Waals surface area (Å²) in [7, 11) is 0. The van der Waals surface area contributed by atoms with Crippen LogP contribution in [0.5, 0.6) is 11.5 Å². The van der Waals surface area contributed by atoms with Crippen LogP contribution in [0.15, 0.2) is 73.8 Å². The lowest BCUT2D eigenvalue weighted by Gasteiger charge is -2.30. The largest absolute Gasteiger partial charge is 0.490 e. The predicted octanol–water partition coefficient (Wildman–Crippen LogP) is 8.38. The number of rotatable bonds is 20. The number of carbonyl (C=O) groups is 2. The molecule has 2 fully saturated rings. The Morgan fingerprint density at radius 2 is 1.29 bits per heavy atom. The molecule has 262 valence electrons. The molecule has 2 aromatic rings. The van der Waals surface area contributed by atoms with E-state index in [1.165, 1.54) is 0 Å². The fraction of sp³-hybridized carbons (Fsp3) is 0.471. The highest BCUT2D eigenvalue weighted by molar-refractivity contribution is 8.32. The van der Waals surface area contributed by atoms with Crippen molar-refractivity contribution in [1.82, 2.24) is 0 Å². The van der Waals surface area contributed by atoms with E-state index in [1.54, 1.807) is 6.92 Å². The SMILES string of the molecule is C=CC(=O)OC(COCCC1SCSCS1)COc1ccc(-c2ccc(OCC(C)(OCCC3SCSCS3)OC(=O)C=C)cc2)cc1. The molecule has 0 spiro atoms. The molecule has 4 rings (SSSR count). The molecule has 0 bridgehead atoms. The van der Waals surface area contributed by atoms with Crippen LogP contribution in [0, 0.1) is 0 Å². The Morgan fingerprint density at radius 1 is 0.771 bits per heavy atom. The summed E-state index contributed by atoms with van der Waals surface area (Å²) in [6.07, 6.45) is 3.52. The van der Waals surface area contributed by atoms with Gasteiger partial charge in [0.25, 0.3) is 0 Å². The van der Waals surface area contributed by atoms with Crippen LogP contribution in [-0.4, -0.2) is 86.4 Å². The molecule has 0 radical (unpaired) electrons.